The summed E-state index contributed by atoms with van der Waals surface area (Å²) in [5.41, 5.74) is -0.181. The fraction of sp³-hybridized carbons (Fsp3) is 0.909. The smallest absolute Gasteiger partial charge is 0.223 e. The van der Waals surface area contributed by atoms with Crippen molar-refractivity contribution < 1.29 is 14.3 Å². The summed E-state index contributed by atoms with van der Waals surface area (Å²) in [4.78, 5) is 11.8. The Balaban J connectivity index is 0.00000144. The third-order valence-corrected chi connectivity index (χ3v) is 3.08. The molecule has 2 aliphatic rings. The molecule has 2 saturated heterocycles. The van der Waals surface area contributed by atoms with Crippen molar-refractivity contribution in [2.75, 3.05) is 32.9 Å². The van der Waals surface area contributed by atoms with Gasteiger partial charge in [0.15, 0.2) is 0 Å². The maximum Gasteiger partial charge on any atom is 0.223 e. The van der Waals surface area contributed by atoms with E-state index in [1.807, 2.05) is 6.92 Å². The molecule has 17 heavy (non-hydrogen) atoms. The van der Waals surface area contributed by atoms with E-state index in [9.17, 15) is 4.79 Å². The fourth-order valence-corrected chi connectivity index (χ4v) is 2.11. The summed E-state index contributed by atoms with van der Waals surface area (Å²) in [6, 6.07) is 0. The number of hydrogen-bond donors (Lipinski definition) is 2. The summed E-state index contributed by atoms with van der Waals surface area (Å²) >= 11 is 0. The zero-order chi connectivity index (χ0) is 11.4. The molecular weight excluding hydrogens is 244 g/mol. The number of halogens is 1. The van der Waals surface area contributed by atoms with Crippen LogP contribution in [0, 0.1) is 0 Å². The minimum absolute atomic E-state index is 0. The molecule has 0 aromatic heterocycles. The average molecular weight is 265 g/mol. The number of ether oxygens (including phenoxy) is 2. The molecule has 0 spiro atoms. The monoisotopic (exact) mass is 264 g/mol. The maximum atomic E-state index is 11.8. The van der Waals surface area contributed by atoms with Crippen LogP contribution in [0.5, 0.6) is 0 Å². The third kappa shape index (κ3) is 4.43. The van der Waals surface area contributed by atoms with Crippen LogP contribution < -0.4 is 10.6 Å². The highest BCUT2D eigenvalue weighted by molar-refractivity contribution is 5.85. The molecule has 6 heteroatoms. The van der Waals surface area contributed by atoms with Gasteiger partial charge in [-0.25, -0.2) is 0 Å². The molecule has 2 rings (SSSR count). The highest BCUT2D eigenvalue weighted by Crippen LogP contribution is 2.17. The van der Waals surface area contributed by atoms with E-state index in [1.54, 1.807) is 0 Å². The molecule has 1 amide bonds. The number of carbonyl (C=O) groups excluding carboxylic acids is 1. The molecule has 0 radical (unpaired) electrons. The second-order valence-corrected chi connectivity index (χ2v) is 4.81. The van der Waals surface area contributed by atoms with Gasteiger partial charge in [0.1, 0.15) is 0 Å². The zero-order valence-electron chi connectivity index (χ0n) is 10.2. The molecule has 0 aromatic rings. The predicted octanol–water partition coefficient (Wildman–Crippen LogP) is 0.0819. The Kier molecular flexibility index (Phi) is 5.66. The van der Waals surface area contributed by atoms with Crippen molar-refractivity contribution in [2.45, 2.75) is 31.4 Å². The van der Waals surface area contributed by atoms with Gasteiger partial charge in [-0.15, -0.1) is 12.4 Å². The first-order valence-electron chi connectivity index (χ1n) is 5.89. The number of amides is 1. The minimum atomic E-state index is -0.181. The quantitative estimate of drug-likeness (QED) is 0.758. The Morgan fingerprint density at radius 2 is 2.35 bits per heavy atom. The lowest BCUT2D eigenvalue weighted by Crippen LogP contribution is -2.49. The molecule has 0 aliphatic carbocycles. The minimum Gasteiger partial charge on any atom is -0.379 e. The summed E-state index contributed by atoms with van der Waals surface area (Å²) in [7, 11) is 0. The number of hydrogen-bond acceptors (Lipinski definition) is 4. The molecule has 2 aliphatic heterocycles. The van der Waals surface area contributed by atoms with E-state index in [1.165, 1.54) is 0 Å². The number of carbonyl (C=O) groups is 1. The molecule has 2 fully saturated rings. The van der Waals surface area contributed by atoms with E-state index in [2.05, 4.69) is 10.6 Å². The van der Waals surface area contributed by atoms with Gasteiger partial charge in [-0.2, -0.15) is 0 Å². The molecular formula is C11H21ClN2O3. The van der Waals surface area contributed by atoms with Gasteiger partial charge in [0.05, 0.1) is 31.3 Å². The Morgan fingerprint density at radius 1 is 1.53 bits per heavy atom. The van der Waals surface area contributed by atoms with E-state index >= 15 is 0 Å². The first-order valence-corrected chi connectivity index (χ1v) is 5.89. The van der Waals surface area contributed by atoms with Crippen LogP contribution in [-0.2, 0) is 14.3 Å². The van der Waals surface area contributed by atoms with Crippen LogP contribution >= 0.6 is 12.4 Å². The topological polar surface area (TPSA) is 59.6 Å². The van der Waals surface area contributed by atoms with Crippen molar-refractivity contribution in [1.82, 2.24) is 10.6 Å². The van der Waals surface area contributed by atoms with Gasteiger partial charge in [-0.05, 0) is 13.3 Å². The van der Waals surface area contributed by atoms with Crippen LogP contribution in [0.1, 0.15) is 19.8 Å². The second kappa shape index (κ2) is 6.54. The Hall–Kier alpha value is -0.360. The molecule has 0 bridgehead atoms. The van der Waals surface area contributed by atoms with E-state index in [-0.39, 0.29) is 30.0 Å². The number of nitrogens with one attached hydrogen (secondary N) is 2. The lowest BCUT2D eigenvalue weighted by molar-refractivity contribution is -0.126. The highest BCUT2D eigenvalue weighted by atomic mass is 35.5. The van der Waals surface area contributed by atoms with Crippen LogP contribution in [0.25, 0.3) is 0 Å². The van der Waals surface area contributed by atoms with Gasteiger partial charge in [-0.1, -0.05) is 0 Å². The van der Waals surface area contributed by atoms with Crippen molar-refractivity contribution in [3.63, 3.8) is 0 Å². The average Bonchev–Trinajstić information content (AvgIpc) is 2.66. The summed E-state index contributed by atoms with van der Waals surface area (Å²) in [5, 5.41) is 6.24. The Morgan fingerprint density at radius 3 is 2.94 bits per heavy atom. The number of rotatable bonds is 3. The summed E-state index contributed by atoms with van der Waals surface area (Å²) in [6.07, 6.45) is 1.34. The predicted molar refractivity (Wildman–Crippen MR) is 66.5 cm³/mol. The van der Waals surface area contributed by atoms with Crippen LogP contribution in [0.2, 0.25) is 0 Å². The molecule has 0 saturated carbocycles. The van der Waals surface area contributed by atoms with Gasteiger partial charge in [0.25, 0.3) is 0 Å². The lowest BCUT2D eigenvalue weighted by Gasteiger charge is -2.27. The molecule has 2 heterocycles. The molecule has 2 N–H and O–H groups in total. The number of morpholine rings is 1. The SMILES string of the molecule is CC1(NC(=O)CC2CNCCO2)CCOC1.Cl. The highest BCUT2D eigenvalue weighted by Gasteiger charge is 2.31. The first-order chi connectivity index (χ1) is 7.68. The van der Waals surface area contributed by atoms with Crippen LogP contribution in [0.15, 0.2) is 0 Å². The van der Waals surface area contributed by atoms with Crippen LogP contribution in [0.4, 0.5) is 0 Å². The van der Waals surface area contributed by atoms with Crippen LogP contribution in [0.3, 0.4) is 0 Å². The fourth-order valence-electron chi connectivity index (χ4n) is 2.11. The normalized spacial score (nSPS) is 32.9. The largest absolute Gasteiger partial charge is 0.379 e. The van der Waals surface area contributed by atoms with Crippen molar-refractivity contribution in [3.05, 3.63) is 0 Å². The molecule has 2 unspecified atom stereocenters. The standard InChI is InChI=1S/C11H20N2O3.ClH/c1-11(2-4-15-8-11)13-10(14)6-9-7-12-3-5-16-9;/h9,12H,2-8H2,1H3,(H,13,14);1H. The van der Waals surface area contributed by atoms with Gasteiger partial charge >= 0.3 is 0 Å². The Bertz CT molecular complexity index is 251. The van der Waals surface area contributed by atoms with Gasteiger partial charge in [0.2, 0.25) is 5.91 Å². The lowest BCUT2D eigenvalue weighted by atomic mass is 10.0. The summed E-state index contributed by atoms with van der Waals surface area (Å²) < 4.78 is 10.8. The van der Waals surface area contributed by atoms with E-state index in [0.29, 0.717) is 19.6 Å². The molecule has 100 valence electrons. The molecule has 0 aromatic carbocycles. The van der Waals surface area contributed by atoms with Crippen molar-refractivity contribution in [3.8, 4) is 0 Å². The van der Waals surface area contributed by atoms with Crippen LogP contribution in [-0.4, -0.2) is 50.5 Å². The van der Waals surface area contributed by atoms with Crippen molar-refractivity contribution in [2.24, 2.45) is 0 Å². The van der Waals surface area contributed by atoms with Gasteiger partial charge in [0, 0.05) is 19.7 Å². The van der Waals surface area contributed by atoms with E-state index in [0.717, 1.165) is 26.1 Å². The zero-order valence-corrected chi connectivity index (χ0v) is 11.0. The maximum absolute atomic E-state index is 11.8. The molecule has 5 nitrogen and oxygen atoms in total. The third-order valence-electron chi connectivity index (χ3n) is 3.08. The summed E-state index contributed by atoms with van der Waals surface area (Å²) in [6.45, 7) is 5.71. The van der Waals surface area contributed by atoms with E-state index in [4.69, 9.17) is 9.47 Å². The van der Waals surface area contributed by atoms with Crippen molar-refractivity contribution >= 4 is 18.3 Å². The second-order valence-electron chi connectivity index (χ2n) is 4.81. The van der Waals surface area contributed by atoms with E-state index < -0.39 is 0 Å². The van der Waals surface area contributed by atoms with Gasteiger partial charge < -0.3 is 20.1 Å². The molecule has 2 atom stereocenters. The first kappa shape index (κ1) is 14.7. The van der Waals surface area contributed by atoms with Crippen molar-refractivity contribution in [1.29, 1.82) is 0 Å². The van der Waals surface area contributed by atoms with Gasteiger partial charge in [-0.3, -0.25) is 4.79 Å². The Labute approximate surface area is 108 Å². The summed E-state index contributed by atoms with van der Waals surface area (Å²) in [5.74, 6) is 0.0571.